The fourth-order valence-corrected chi connectivity index (χ4v) is 0.741. The molecule has 0 aliphatic rings. The molecule has 1 aromatic rings. The average molecular weight is 182 g/mol. The molecule has 0 aromatic heterocycles. The summed E-state index contributed by atoms with van der Waals surface area (Å²) in [5.41, 5.74) is 1.22. The van der Waals surface area contributed by atoms with E-state index >= 15 is 0 Å². The highest BCUT2D eigenvalue weighted by molar-refractivity contribution is 5.13. The molecule has 3 heteroatoms. The first-order valence-electron chi connectivity index (χ1n) is 3.92. The number of benzene rings is 1. The van der Waals surface area contributed by atoms with Gasteiger partial charge in [-0.2, -0.15) is 0 Å². The lowest BCUT2D eigenvalue weighted by molar-refractivity contribution is -0.748. The minimum atomic E-state index is 0.709. The molecule has 13 heavy (non-hydrogen) atoms. The van der Waals surface area contributed by atoms with Gasteiger partial charge in [-0.1, -0.05) is 30.3 Å². The van der Waals surface area contributed by atoms with Crippen LogP contribution in [0.15, 0.2) is 30.3 Å². The van der Waals surface area contributed by atoms with E-state index in [-0.39, 0.29) is 0 Å². The van der Waals surface area contributed by atoms with Crippen LogP contribution >= 0.6 is 0 Å². The zero-order valence-corrected chi connectivity index (χ0v) is 8.10. The van der Waals surface area contributed by atoms with Crippen LogP contribution in [0.2, 0.25) is 0 Å². The van der Waals surface area contributed by atoms with E-state index in [4.69, 9.17) is 9.94 Å². The number of nitrogens with zero attached hydrogens (tertiary/aromatic N) is 1. The summed E-state index contributed by atoms with van der Waals surface area (Å²) in [6.07, 6.45) is 0. The van der Waals surface area contributed by atoms with Crippen molar-refractivity contribution >= 4 is 6.72 Å². The van der Waals surface area contributed by atoms with Crippen LogP contribution in [0.25, 0.3) is 0 Å². The molecular weight excluding hydrogens is 166 g/mol. The number of hydrogen-bond acceptors (Lipinski definition) is 2. The molecule has 0 fully saturated rings. The Hall–Kier alpha value is -1.35. The Balaban J connectivity index is 0.000000310. The van der Waals surface area contributed by atoms with Gasteiger partial charge in [-0.15, -0.1) is 0 Å². The molecule has 0 aliphatic carbocycles. The molecule has 0 amide bonds. The van der Waals surface area contributed by atoms with Crippen LogP contribution in [-0.2, 0) is 11.3 Å². The van der Waals surface area contributed by atoms with Gasteiger partial charge in [0.25, 0.3) is 0 Å². The van der Waals surface area contributed by atoms with Gasteiger partial charge in [0.05, 0.1) is 6.61 Å². The molecule has 72 valence electrons. The molecule has 0 heterocycles. The Morgan fingerprint density at radius 1 is 1.38 bits per heavy atom. The first-order valence-corrected chi connectivity index (χ1v) is 3.92. The number of hydroxylamine groups is 1. The quantitative estimate of drug-likeness (QED) is 0.326. The zero-order chi connectivity index (χ0) is 10.1. The highest BCUT2D eigenvalue weighted by Crippen LogP contribution is 1.98. The lowest BCUT2D eigenvalue weighted by atomic mass is 10.2. The van der Waals surface area contributed by atoms with Crippen molar-refractivity contribution in [1.29, 1.82) is 0 Å². The predicted octanol–water partition coefficient (Wildman–Crippen LogP) is 1.55. The van der Waals surface area contributed by atoms with Crippen molar-refractivity contribution in [2.45, 2.75) is 6.61 Å². The summed E-state index contributed by atoms with van der Waals surface area (Å²) >= 11 is 0. The van der Waals surface area contributed by atoms with Gasteiger partial charge < -0.3 is 4.74 Å². The van der Waals surface area contributed by atoms with E-state index in [1.165, 1.54) is 12.6 Å². The molecule has 0 unspecified atom stereocenters. The maximum absolute atomic E-state index is 7.78. The highest BCUT2D eigenvalue weighted by Gasteiger charge is 1.84. The topological polar surface area (TPSA) is 32.5 Å². The summed E-state index contributed by atoms with van der Waals surface area (Å²) in [5.74, 6) is 0. The predicted molar refractivity (Wildman–Crippen MR) is 52.2 cm³/mol. The molecule has 0 bridgehead atoms. The third-order valence-electron chi connectivity index (χ3n) is 1.15. The number of ether oxygens (including phenoxy) is 1. The van der Waals surface area contributed by atoms with E-state index < -0.39 is 0 Å². The molecular formula is C10H16NO2+. The summed E-state index contributed by atoms with van der Waals surface area (Å²) in [5, 5.41) is 7.78. The molecule has 0 radical (unpaired) electrons. The second-order valence-corrected chi connectivity index (χ2v) is 2.58. The smallest absolute Gasteiger partial charge is 0.182 e. The van der Waals surface area contributed by atoms with Gasteiger partial charge in [0, 0.05) is 7.11 Å². The van der Waals surface area contributed by atoms with Gasteiger partial charge in [-0.05, 0) is 10.3 Å². The Labute approximate surface area is 78.9 Å². The van der Waals surface area contributed by atoms with Crippen LogP contribution in [0, 0.1) is 0 Å². The van der Waals surface area contributed by atoms with Crippen LogP contribution in [0.5, 0.6) is 0 Å². The van der Waals surface area contributed by atoms with Gasteiger partial charge >= 0.3 is 0 Å². The number of rotatable bonds is 2. The minimum absolute atomic E-state index is 0.709. The Morgan fingerprint density at radius 2 is 1.85 bits per heavy atom. The van der Waals surface area contributed by atoms with Gasteiger partial charge in [-0.3, -0.25) is 5.21 Å². The van der Waals surface area contributed by atoms with Crippen LogP contribution < -0.4 is 0 Å². The first-order chi connectivity index (χ1) is 6.16. The van der Waals surface area contributed by atoms with E-state index in [0.717, 1.165) is 4.74 Å². The van der Waals surface area contributed by atoms with Crippen LogP contribution in [-0.4, -0.2) is 30.8 Å². The molecule has 3 nitrogen and oxygen atoms in total. The standard InChI is InChI=1S/C8H10O.C2H6NO/c1-9-7-8-5-3-2-4-6-8;1-3(2)4/h2-6H,7H2,1H3;4H,1H2,2H3/q;+1. The van der Waals surface area contributed by atoms with Crippen molar-refractivity contribution in [3.05, 3.63) is 35.9 Å². The average Bonchev–Trinajstić information content (AvgIpc) is 2.06. The molecule has 0 saturated carbocycles. The fourth-order valence-electron chi connectivity index (χ4n) is 0.741. The summed E-state index contributed by atoms with van der Waals surface area (Å²) in [4.78, 5) is 0. The second-order valence-electron chi connectivity index (χ2n) is 2.58. The Kier molecular flexibility index (Phi) is 6.55. The maximum Gasteiger partial charge on any atom is 0.182 e. The van der Waals surface area contributed by atoms with E-state index in [0.29, 0.717) is 6.61 Å². The monoisotopic (exact) mass is 182 g/mol. The highest BCUT2D eigenvalue weighted by atomic mass is 16.5. The lowest BCUT2D eigenvalue weighted by Crippen LogP contribution is -1.88. The van der Waals surface area contributed by atoms with E-state index in [1.54, 1.807) is 7.11 Å². The van der Waals surface area contributed by atoms with Crippen LogP contribution in [0.4, 0.5) is 0 Å². The van der Waals surface area contributed by atoms with E-state index in [9.17, 15) is 0 Å². The summed E-state index contributed by atoms with van der Waals surface area (Å²) in [6.45, 7) is 3.74. The summed E-state index contributed by atoms with van der Waals surface area (Å²) in [6, 6.07) is 10.1. The molecule has 0 atom stereocenters. The van der Waals surface area contributed by atoms with Crippen molar-refractivity contribution in [2.24, 2.45) is 0 Å². The van der Waals surface area contributed by atoms with E-state index in [2.05, 4.69) is 6.72 Å². The van der Waals surface area contributed by atoms with Crippen molar-refractivity contribution in [1.82, 2.24) is 0 Å². The van der Waals surface area contributed by atoms with Gasteiger partial charge in [-0.25, -0.2) is 0 Å². The third kappa shape index (κ3) is 8.56. The third-order valence-corrected chi connectivity index (χ3v) is 1.15. The normalized spacial score (nSPS) is 8.46. The molecule has 1 aromatic carbocycles. The van der Waals surface area contributed by atoms with Crippen molar-refractivity contribution in [3.63, 3.8) is 0 Å². The fraction of sp³-hybridized carbons (Fsp3) is 0.300. The summed E-state index contributed by atoms with van der Waals surface area (Å²) in [7, 11) is 3.15. The second kappa shape index (κ2) is 7.31. The SMILES string of the molecule is C=[N+](C)O.COCc1ccccc1. The maximum atomic E-state index is 7.78. The molecule has 1 N–H and O–H groups in total. The zero-order valence-electron chi connectivity index (χ0n) is 8.10. The number of methoxy groups -OCH3 is 1. The van der Waals surface area contributed by atoms with Crippen LogP contribution in [0.3, 0.4) is 0 Å². The van der Waals surface area contributed by atoms with E-state index in [1.807, 2.05) is 30.3 Å². The number of hydrogen-bond donors (Lipinski definition) is 1. The largest absolute Gasteiger partial charge is 0.380 e. The molecule has 0 aliphatic heterocycles. The molecule has 0 spiro atoms. The van der Waals surface area contributed by atoms with Crippen molar-refractivity contribution in [3.8, 4) is 0 Å². The van der Waals surface area contributed by atoms with Crippen molar-refractivity contribution in [2.75, 3.05) is 14.2 Å². The van der Waals surface area contributed by atoms with Crippen molar-refractivity contribution < 1.29 is 14.7 Å². The van der Waals surface area contributed by atoms with Gasteiger partial charge in [0.1, 0.15) is 0 Å². The lowest BCUT2D eigenvalue weighted by Gasteiger charge is -1.95. The van der Waals surface area contributed by atoms with Gasteiger partial charge in [0.15, 0.2) is 13.8 Å². The van der Waals surface area contributed by atoms with Crippen LogP contribution in [0.1, 0.15) is 5.56 Å². The molecule has 1 rings (SSSR count). The molecule has 0 saturated heterocycles. The summed E-state index contributed by atoms with van der Waals surface area (Å²) < 4.78 is 5.68. The Morgan fingerprint density at radius 3 is 2.23 bits per heavy atom. The Bertz CT molecular complexity index is 230. The first kappa shape index (κ1) is 11.6. The minimum Gasteiger partial charge on any atom is -0.380 e. The van der Waals surface area contributed by atoms with Gasteiger partial charge in [0.2, 0.25) is 0 Å².